The van der Waals surface area contributed by atoms with E-state index in [4.69, 9.17) is 9.47 Å². The Morgan fingerprint density at radius 2 is 1.11 bits per heavy atom. The topological polar surface area (TPSA) is 59.1 Å². The zero-order valence-electron chi connectivity index (χ0n) is 16.3. The van der Waals surface area contributed by atoms with Crippen LogP contribution in [0.4, 0.5) is 0 Å². The van der Waals surface area contributed by atoms with Crippen LogP contribution in [0, 0.1) is 0 Å². The van der Waals surface area contributed by atoms with Crippen LogP contribution in [0.5, 0.6) is 11.5 Å². The first kappa shape index (κ1) is 19.7. The second-order valence-electron chi connectivity index (χ2n) is 6.99. The monoisotopic (exact) mass is 382 g/mol. The Morgan fingerprint density at radius 3 is 1.46 bits per heavy atom. The molecule has 2 aromatic rings. The van der Waals surface area contributed by atoms with Crippen molar-refractivity contribution in [2.24, 2.45) is 0 Å². The first-order valence-corrected chi connectivity index (χ1v) is 9.49. The quantitative estimate of drug-likeness (QED) is 0.771. The number of carbonyl (C=O) groups excluding carboxylic acids is 2. The van der Waals surface area contributed by atoms with Gasteiger partial charge in [-0.25, -0.2) is 0 Å². The Morgan fingerprint density at radius 1 is 0.750 bits per heavy atom. The van der Waals surface area contributed by atoms with Crippen LogP contribution in [0.3, 0.4) is 0 Å². The van der Waals surface area contributed by atoms with E-state index in [2.05, 4.69) is 0 Å². The summed E-state index contributed by atoms with van der Waals surface area (Å²) in [6, 6.07) is 18.4. The molecule has 1 aliphatic rings. The molecular formula is C22H26N2O4. The van der Waals surface area contributed by atoms with Crippen LogP contribution >= 0.6 is 0 Å². The smallest absolute Gasteiger partial charge is 0.260 e. The summed E-state index contributed by atoms with van der Waals surface area (Å²) >= 11 is 0. The second-order valence-corrected chi connectivity index (χ2v) is 6.99. The molecule has 0 N–H and O–H groups in total. The summed E-state index contributed by atoms with van der Waals surface area (Å²) in [4.78, 5) is 28.7. The van der Waals surface area contributed by atoms with Gasteiger partial charge < -0.3 is 19.3 Å². The van der Waals surface area contributed by atoms with Crippen LogP contribution < -0.4 is 9.47 Å². The van der Waals surface area contributed by atoms with Gasteiger partial charge in [0.15, 0.2) is 13.2 Å². The molecule has 2 amide bonds. The summed E-state index contributed by atoms with van der Waals surface area (Å²) in [5.74, 6) is 1.19. The van der Waals surface area contributed by atoms with Crippen LogP contribution in [-0.2, 0) is 9.59 Å². The standard InChI is InChI=1S/C22H26N2O4/c1-17-13-24(22(26)16-28-20-11-7-4-8-12-20)18(2)14-23(17)21(25)15-27-19-9-5-3-6-10-19/h3-12,17-18H,13-16H2,1-2H3/t17-,18+. The Labute approximate surface area is 165 Å². The van der Waals surface area contributed by atoms with Crippen molar-refractivity contribution in [1.29, 1.82) is 0 Å². The molecule has 6 nitrogen and oxygen atoms in total. The molecule has 2 atom stereocenters. The molecule has 148 valence electrons. The molecular weight excluding hydrogens is 356 g/mol. The maximum atomic E-state index is 12.6. The zero-order valence-corrected chi connectivity index (χ0v) is 16.3. The molecule has 1 saturated heterocycles. The van der Waals surface area contributed by atoms with Crippen LogP contribution in [0.15, 0.2) is 60.7 Å². The number of piperazine rings is 1. The van der Waals surface area contributed by atoms with Gasteiger partial charge in [0.25, 0.3) is 11.8 Å². The number of nitrogens with zero attached hydrogens (tertiary/aromatic N) is 2. The third-order valence-corrected chi connectivity index (χ3v) is 4.84. The highest BCUT2D eigenvalue weighted by Crippen LogP contribution is 2.17. The zero-order chi connectivity index (χ0) is 19.9. The highest BCUT2D eigenvalue weighted by Gasteiger charge is 2.34. The summed E-state index contributed by atoms with van der Waals surface area (Å²) in [6.45, 7) is 4.85. The lowest BCUT2D eigenvalue weighted by Gasteiger charge is -2.44. The third kappa shape index (κ3) is 5.03. The van der Waals surface area contributed by atoms with E-state index in [9.17, 15) is 9.59 Å². The minimum atomic E-state index is -0.0799. The molecule has 0 bridgehead atoms. The number of hydrogen-bond donors (Lipinski definition) is 0. The minimum absolute atomic E-state index is 0.00780. The van der Waals surface area contributed by atoms with Crippen molar-refractivity contribution in [2.75, 3.05) is 26.3 Å². The van der Waals surface area contributed by atoms with E-state index in [0.29, 0.717) is 24.6 Å². The fourth-order valence-corrected chi connectivity index (χ4v) is 3.31. The van der Waals surface area contributed by atoms with E-state index in [1.165, 1.54) is 0 Å². The van der Waals surface area contributed by atoms with Gasteiger partial charge in [0.2, 0.25) is 0 Å². The number of carbonyl (C=O) groups is 2. The lowest BCUT2D eigenvalue weighted by molar-refractivity contribution is -0.148. The average molecular weight is 382 g/mol. The first-order chi connectivity index (χ1) is 13.5. The van der Waals surface area contributed by atoms with Crippen molar-refractivity contribution in [1.82, 2.24) is 9.80 Å². The Kier molecular flexibility index (Phi) is 6.53. The summed E-state index contributed by atoms with van der Waals surface area (Å²) in [7, 11) is 0. The normalized spacial score (nSPS) is 19.2. The van der Waals surface area contributed by atoms with Gasteiger partial charge in [-0.2, -0.15) is 0 Å². The predicted octanol–water partition coefficient (Wildman–Crippen LogP) is 2.59. The van der Waals surface area contributed by atoms with Crippen molar-refractivity contribution in [2.45, 2.75) is 25.9 Å². The van der Waals surface area contributed by atoms with E-state index >= 15 is 0 Å². The van der Waals surface area contributed by atoms with Gasteiger partial charge in [0, 0.05) is 25.2 Å². The van der Waals surface area contributed by atoms with E-state index in [1.54, 1.807) is 9.80 Å². The maximum Gasteiger partial charge on any atom is 0.260 e. The van der Waals surface area contributed by atoms with E-state index in [1.807, 2.05) is 74.5 Å². The average Bonchev–Trinajstić information content (AvgIpc) is 2.73. The Hall–Kier alpha value is -3.02. The van der Waals surface area contributed by atoms with Crippen molar-refractivity contribution < 1.29 is 19.1 Å². The molecule has 3 rings (SSSR count). The molecule has 1 fully saturated rings. The Bertz CT molecular complexity index is 714. The predicted molar refractivity (Wildman–Crippen MR) is 106 cm³/mol. The summed E-state index contributed by atoms with van der Waals surface area (Å²) in [5, 5.41) is 0. The van der Waals surface area contributed by atoms with Gasteiger partial charge in [-0.15, -0.1) is 0 Å². The molecule has 2 aromatic carbocycles. The summed E-state index contributed by atoms with van der Waals surface area (Å²) in [5.41, 5.74) is 0. The van der Waals surface area contributed by atoms with E-state index < -0.39 is 0 Å². The van der Waals surface area contributed by atoms with Crippen molar-refractivity contribution in [3.05, 3.63) is 60.7 Å². The summed E-state index contributed by atoms with van der Waals surface area (Å²) in [6.07, 6.45) is 0. The molecule has 6 heteroatoms. The highest BCUT2D eigenvalue weighted by atomic mass is 16.5. The number of amides is 2. The number of para-hydroxylation sites is 2. The lowest BCUT2D eigenvalue weighted by atomic mass is 10.1. The lowest BCUT2D eigenvalue weighted by Crippen LogP contribution is -2.60. The van der Waals surface area contributed by atoms with Gasteiger partial charge in [0.1, 0.15) is 11.5 Å². The molecule has 0 unspecified atom stereocenters. The number of hydrogen-bond acceptors (Lipinski definition) is 4. The van der Waals surface area contributed by atoms with Gasteiger partial charge in [-0.05, 0) is 38.1 Å². The molecule has 0 aliphatic carbocycles. The van der Waals surface area contributed by atoms with Crippen LogP contribution in [-0.4, -0.2) is 60.0 Å². The molecule has 0 aromatic heterocycles. The highest BCUT2D eigenvalue weighted by molar-refractivity contribution is 5.80. The Balaban J connectivity index is 1.51. The van der Waals surface area contributed by atoms with Crippen LogP contribution in [0.2, 0.25) is 0 Å². The van der Waals surface area contributed by atoms with Crippen LogP contribution in [0.1, 0.15) is 13.8 Å². The largest absolute Gasteiger partial charge is 0.484 e. The van der Waals surface area contributed by atoms with E-state index in [-0.39, 0.29) is 37.1 Å². The van der Waals surface area contributed by atoms with Crippen molar-refractivity contribution in [3.8, 4) is 11.5 Å². The fraction of sp³-hybridized carbons (Fsp3) is 0.364. The van der Waals surface area contributed by atoms with Crippen LogP contribution in [0.25, 0.3) is 0 Å². The molecule has 0 radical (unpaired) electrons. The van der Waals surface area contributed by atoms with Gasteiger partial charge >= 0.3 is 0 Å². The second kappa shape index (κ2) is 9.26. The fourth-order valence-electron chi connectivity index (χ4n) is 3.31. The number of ether oxygens (including phenoxy) is 2. The van der Waals surface area contributed by atoms with Crippen molar-refractivity contribution >= 4 is 11.8 Å². The van der Waals surface area contributed by atoms with Gasteiger partial charge in [-0.1, -0.05) is 36.4 Å². The molecule has 0 spiro atoms. The molecule has 0 saturated carbocycles. The number of rotatable bonds is 6. The van der Waals surface area contributed by atoms with Gasteiger partial charge in [0.05, 0.1) is 0 Å². The SMILES string of the molecule is C[C@@H]1CN(C(=O)COc2ccccc2)[C@@H](C)CN1C(=O)COc1ccccc1. The van der Waals surface area contributed by atoms with E-state index in [0.717, 1.165) is 0 Å². The molecule has 1 heterocycles. The number of benzene rings is 2. The molecule has 1 aliphatic heterocycles. The first-order valence-electron chi connectivity index (χ1n) is 9.49. The maximum absolute atomic E-state index is 12.6. The van der Waals surface area contributed by atoms with Crippen molar-refractivity contribution in [3.63, 3.8) is 0 Å². The van der Waals surface area contributed by atoms with Gasteiger partial charge in [-0.3, -0.25) is 9.59 Å². The minimum Gasteiger partial charge on any atom is -0.484 e. The molecule has 28 heavy (non-hydrogen) atoms. The summed E-state index contributed by atoms with van der Waals surface area (Å²) < 4.78 is 11.1. The third-order valence-electron chi connectivity index (χ3n) is 4.84.